The van der Waals surface area contributed by atoms with E-state index in [1.54, 1.807) is 0 Å². The Morgan fingerprint density at radius 2 is 1.89 bits per heavy atom. The number of benzene rings is 1. The second-order valence-corrected chi connectivity index (χ2v) is 6.04. The first-order valence-electron chi connectivity index (χ1n) is 6.46. The van der Waals surface area contributed by atoms with Crippen LogP contribution < -0.4 is 5.32 Å². The molecule has 0 saturated carbocycles. The summed E-state index contributed by atoms with van der Waals surface area (Å²) in [6.07, 6.45) is 0.709. The molecular weight excluding hydrogens is 226 g/mol. The Kier molecular flexibility index (Phi) is 3.44. The van der Waals surface area contributed by atoms with Crippen LogP contribution in [0.5, 0.6) is 0 Å². The van der Waals surface area contributed by atoms with E-state index >= 15 is 0 Å². The van der Waals surface area contributed by atoms with Crippen LogP contribution in [0.15, 0.2) is 24.3 Å². The van der Waals surface area contributed by atoms with Gasteiger partial charge in [0.1, 0.15) is 0 Å². The number of rotatable bonds is 2. The minimum atomic E-state index is -0.704. The lowest BCUT2D eigenvalue weighted by atomic mass is 9.85. The highest BCUT2D eigenvalue weighted by Crippen LogP contribution is 2.31. The highest BCUT2D eigenvalue weighted by atomic mass is 16.4. The highest BCUT2D eigenvalue weighted by molar-refractivity contribution is 5.71. The number of carbonyl (C=O) groups is 1. The summed E-state index contributed by atoms with van der Waals surface area (Å²) in [5, 5.41) is 12.5. The van der Waals surface area contributed by atoms with Gasteiger partial charge < -0.3 is 10.4 Å². The van der Waals surface area contributed by atoms with E-state index in [0.717, 1.165) is 12.1 Å². The molecule has 1 aliphatic heterocycles. The fourth-order valence-corrected chi connectivity index (χ4v) is 2.51. The summed E-state index contributed by atoms with van der Waals surface area (Å²) in [5.74, 6) is -1.00. The molecule has 1 aliphatic rings. The second kappa shape index (κ2) is 4.73. The maximum Gasteiger partial charge on any atom is 0.308 e. The molecule has 2 unspecified atom stereocenters. The van der Waals surface area contributed by atoms with Crippen molar-refractivity contribution in [2.24, 2.45) is 5.92 Å². The topological polar surface area (TPSA) is 49.3 Å². The molecule has 0 bridgehead atoms. The molecule has 1 aromatic rings. The van der Waals surface area contributed by atoms with Crippen molar-refractivity contribution in [3.63, 3.8) is 0 Å². The standard InChI is InChI=1S/C15H21NO2/c1-15(2,3)11-6-4-10(5-7-11)13-12(14(17)18)8-9-16-13/h4-7,12-13,16H,8-9H2,1-3H3,(H,17,18). The average molecular weight is 247 g/mol. The molecule has 0 amide bonds. The van der Waals surface area contributed by atoms with Gasteiger partial charge in [-0.25, -0.2) is 0 Å². The van der Waals surface area contributed by atoms with Gasteiger partial charge in [-0.1, -0.05) is 45.0 Å². The lowest BCUT2D eigenvalue weighted by molar-refractivity contribution is -0.142. The maximum absolute atomic E-state index is 11.2. The third kappa shape index (κ3) is 2.56. The van der Waals surface area contributed by atoms with E-state index in [2.05, 4.69) is 50.4 Å². The van der Waals surface area contributed by atoms with E-state index in [1.807, 2.05) is 0 Å². The van der Waals surface area contributed by atoms with E-state index in [4.69, 9.17) is 0 Å². The zero-order valence-corrected chi connectivity index (χ0v) is 11.2. The molecule has 98 valence electrons. The van der Waals surface area contributed by atoms with Gasteiger partial charge in [-0.3, -0.25) is 4.79 Å². The zero-order valence-electron chi connectivity index (χ0n) is 11.2. The smallest absolute Gasteiger partial charge is 0.308 e. The van der Waals surface area contributed by atoms with E-state index in [9.17, 15) is 9.90 Å². The molecule has 3 heteroatoms. The first-order chi connectivity index (χ1) is 8.39. The van der Waals surface area contributed by atoms with Crippen molar-refractivity contribution < 1.29 is 9.90 Å². The van der Waals surface area contributed by atoms with Crippen molar-refractivity contribution in [1.29, 1.82) is 0 Å². The van der Waals surface area contributed by atoms with Crippen molar-refractivity contribution in [2.75, 3.05) is 6.54 Å². The molecular formula is C15H21NO2. The van der Waals surface area contributed by atoms with Gasteiger partial charge in [0, 0.05) is 6.04 Å². The molecule has 1 saturated heterocycles. The van der Waals surface area contributed by atoms with Gasteiger partial charge in [-0.15, -0.1) is 0 Å². The van der Waals surface area contributed by atoms with Crippen LogP contribution in [-0.2, 0) is 10.2 Å². The molecule has 1 aromatic carbocycles. The van der Waals surface area contributed by atoms with Crippen LogP contribution in [0.3, 0.4) is 0 Å². The molecule has 0 radical (unpaired) electrons. The van der Waals surface area contributed by atoms with Gasteiger partial charge in [-0.2, -0.15) is 0 Å². The van der Waals surface area contributed by atoms with Crippen LogP contribution >= 0.6 is 0 Å². The molecule has 0 spiro atoms. The Labute approximate surface area is 108 Å². The SMILES string of the molecule is CC(C)(C)c1ccc(C2NCCC2C(=O)O)cc1. The number of aliphatic carboxylic acids is 1. The quantitative estimate of drug-likeness (QED) is 0.844. The van der Waals surface area contributed by atoms with E-state index in [0.29, 0.717) is 6.42 Å². The van der Waals surface area contributed by atoms with Crippen LogP contribution in [0.2, 0.25) is 0 Å². The van der Waals surface area contributed by atoms with Crippen LogP contribution in [0, 0.1) is 5.92 Å². The molecule has 1 fully saturated rings. The molecule has 0 aliphatic carbocycles. The van der Waals surface area contributed by atoms with Gasteiger partial charge in [-0.05, 0) is 29.5 Å². The molecule has 1 heterocycles. The Hall–Kier alpha value is -1.35. The minimum absolute atomic E-state index is 0.0449. The monoisotopic (exact) mass is 247 g/mol. The van der Waals surface area contributed by atoms with Crippen LogP contribution in [0.4, 0.5) is 0 Å². The third-order valence-corrected chi connectivity index (χ3v) is 3.67. The van der Waals surface area contributed by atoms with Crippen LogP contribution in [0.25, 0.3) is 0 Å². The summed E-state index contributed by atoms with van der Waals surface area (Å²) < 4.78 is 0. The van der Waals surface area contributed by atoms with E-state index in [-0.39, 0.29) is 17.4 Å². The molecule has 0 aromatic heterocycles. The molecule has 3 nitrogen and oxygen atoms in total. The summed E-state index contributed by atoms with van der Waals surface area (Å²) in [6.45, 7) is 7.31. The molecule has 2 N–H and O–H groups in total. The number of carboxylic acid groups (broad SMARTS) is 1. The van der Waals surface area contributed by atoms with Crippen molar-refractivity contribution in [3.8, 4) is 0 Å². The first-order valence-corrected chi connectivity index (χ1v) is 6.46. The molecule has 2 rings (SSSR count). The minimum Gasteiger partial charge on any atom is -0.481 e. The number of nitrogens with one attached hydrogen (secondary N) is 1. The van der Waals surface area contributed by atoms with Gasteiger partial charge in [0.05, 0.1) is 5.92 Å². The fourth-order valence-electron chi connectivity index (χ4n) is 2.51. The number of hydrogen-bond acceptors (Lipinski definition) is 2. The summed E-state index contributed by atoms with van der Waals surface area (Å²) >= 11 is 0. The van der Waals surface area contributed by atoms with Crippen LogP contribution in [-0.4, -0.2) is 17.6 Å². The Balaban J connectivity index is 2.22. The largest absolute Gasteiger partial charge is 0.481 e. The maximum atomic E-state index is 11.2. The summed E-state index contributed by atoms with van der Waals surface area (Å²) in [5.41, 5.74) is 2.48. The summed E-state index contributed by atoms with van der Waals surface area (Å²) in [6, 6.07) is 8.28. The fraction of sp³-hybridized carbons (Fsp3) is 0.533. The van der Waals surface area contributed by atoms with E-state index < -0.39 is 5.97 Å². The summed E-state index contributed by atoms with van der Waals surface area (Å²) in [7, 11) is 0. The molecule has 2 atom stereocenters. The van der Waals surface area contributed by atoms with Gasteiger partial charge in [0.25, 0.3) is 0 Å². The van der Waals surface area contributed by atoms with Crippen molar-refractivity contribution in [1.82, 2.24) is 5.32 Å². The zero-order chi connectivity index (χ0) is 13.3. The first kappa shape index (κ1) is 13.1. The van der Waals surface area contributed by atoms with Crippen LogP contribution in [0.1, 0.15) is 44.4 Å². The van der Waals surface area contributed by atoms with Crippen molar-refractivity contribution in [2.45, 2.75) is 38.6 Å². The third-order valence-electron chi connectivity index (χ3n) is 3.67. The Morgan fingerprint density at radius 3 is 2.39 bits per heavy atom. The van der Waals surface area contributed by atoms with Gasteiger partial charge >= 0.3 is 5.97 Å². The highest BCUT2D eigenvalue weighted by Gasteiger charge is 2.33. The Bertz CT molecular complexity index is 431. The lowest BCUT2D eigenvalue weighted by Gasteiger charge is -2.21. The van der Waals surface area contributed by atoms with Gasteiger partial charge in [0.15, 0.2) is 0 Å². The van der Waals surface area contributed by atoms with Gasteiger partial charge in [0.2, 0.25) is 0 Å². The molecule has 18 heavy (non-hydrogen) atoms. The summed E-state index contributed by atoms with van der Waals surface area (Å²) in [4.78, 5) is 11.2. The average Bonchev–Trinajstić information content (AvgIpc) is 2.77. The lowest BCUT2D eigenvalue weighted by Crippen LogP contribution is -2.23. The van der Waals surface area contributed by atoms with Crippen molar-refractivity contribution in [3.05, 3.63) is 35.4 Å². The van der Waals surface area contributed by atoms with E-state index in [1.165, 1.54) is 5.56 Å². The predicted molar refractivity (Wildman–Crippen MR) is 71.6 cm³/mol. The van der Waals surface area contributed by atoms with Crippen molar-refractivity contribution >= 4 is 5.97 Å². The second-order valence-electron chi connectivity index (χ2n) is 6.04. The Morgan fingerprint density at radius 1 is 1.28 bits per heavy atom. The number of carboxylic acids is 1. The predicted octanol–water partition coefficient (Wildman–Crippen LogP) is 2.72. The number of hydrogen-bond donors (Lipinski definition) is 2. The normalized spacial score (nSPS) is 24.2.